The minimum Gasteiger partial charge on any atom is -0.311 e. The third-order valence-electron chi connectivity index (χ3n) is 3.12. The fraction of sp³-hybridized carbons (Fsp3) is 0.133. The Bertz CT molecular complexity index is 699. The fourth-order valence-corrected chi connectivity index (χ4v) is 2.11. The summed E-state index contributed by atoms with van der Waals surface area (Å²) < 4.78 is 0. The van der Waals surface area contributed by atoms with E-state index < -0.39 is 4.92 Å². The number of halogens is 1. The van der Waals surface area contributed by atoms with Gasteiger partial charge in [0.1, 0.15) is 0 Å². The molecule has 2 rings (SSSR count). The summed E-state index contributed by atoms with van der Waals surface area (Å²) in [6.45, 7) is 1.96. The summed E-state index contributed by atoms with van der Waals surface area (Å²) in [7, 11) is 1.63. The van der Waals surface area contributed by atoms with Crippen LogP contribution in [-0.4, -0.2) is 17.9 Å². The van der Waals surface area contributed by atoms with Gasteiger partial charge in [0, 0.05) is 24.9 Å². The van der Waals surface area contributed by atoms with Gasteiger partial charge in [0.15, 0.2) is 0 Å². The zero-order chi connectivity index (χ0) is 15.6. The van der Waals surface area contributed by atoms with Gasteiger partial charge in [0.05, 0.1) is 15.5 Å². The smallest absolute Gasteiger partial charge is 0.270 e. The van der Waals surface area contributed by atoms with Gasteiger partial charge < -0.3 is 4.90 Å². The van der Waals surface area contributed by atoms with E-state index in [2.05, 4.69) is 0 Å². The molecule has 0 unspecified atom stereocenters. The Hall–Kier alpha value is -2.40. The van der Waals surface area contributed by atoms with Crippen molar-refractivity contribution in [2.24, 2.45) is 0 Å². The highest BCUT2D eigenvalue weighted by Gasteiger charge is 2.19. The number of carbonyl (C=O) groups excluding carboxylic acids is 1. The van der Waals surface area contributed by atoms with Crippen LogP contribution in [-0.2, 0) is 0 Å². The van der Waals surface area contributed by atoms with Gasteiger partial charge in [-0.05, 0) is 25.1 Å². The lowest BCUT2D eigenvalue weighted by Crippen LogP contribution is -2.26. The predicted octanol–water partition coefficient (Wildman–Crippen LogP) is 3.83. The molecule has 0 bridgehead atoms. The van der Waals surface area contributed by atoms with Gasteiger partial charge in [-0.2, -0.15) is 0 Å². The second-order valence-electron chi connectivity index (χ2n) is 4.62. The molecule has 0 radical (unpaired) electrons. The number of nitro benzene ring substituents is 1. The highest BCUT2D eigenvalue weighted by atomic mass is 35.5. The fourth-order valence-electron chi connectivity index (χ4n) is 1.86. The van der Waals surface area contributed by atoms with E-state index in [4.69, 9.17) is 11.6 Å². The van der Waals surface area contributed by atoms with Crippen LogP contribution in [0.4, 0.5) is 11.4 Å². The molecule has 0 atom stereocenters. The lowest BCUT2D eigenvalue weighted by atomic mass is 10.1. The molecule has 21 heavy (non-hydrogen) atoms. The lowest BCUT2D eigenvalue weighted by molar-refractivity contribution is -0.384. The normalized spacial score (nSPS) is 10.2. The van der Waals surface area contributed by atoms with Crippen molar-refractivity contribution in [3.8, 4) is 0 Å². The molecular formula is C15H13ClN2O3. The van der Waals surface area contributed by atoms with Gasteiger partial charge in [-0.15, -0.1) is 0 Å². The first-order chi connectivity index (χ1) is 9.90. The number of rotatable bonds is 3. The first-order valence-corrected chi connectivity index (χ1v) is 6.56. The molecule has 0 aliphatic carbocycles. The Kier molecular flexibility index (Phi) is 4.23. The Balaban J connectivity index is 2.31. The van der Waals surface area contributed by atoms with Crippen molar-refractivity contribution in [3.63, 3.8) is 0 Å². The number of carbonyl (C=O) groups is 1. The summed E-state index contributed by atoms with van der Waals surface area (Å²) >= 11 is 5.97. The summed E-state index contributed by atoms with van der Waals surface area (Å²) in [6, 6.07) is 11.3. The van der Waals surface area contributed by atoms with Crippen molar-refractivity contribution >= 4 is 28.9 Å². The quantitative estimate of drug-likeness (QED) is 0.639. The van der Waals surface area contributed by atoms with Gasteiger partial charge >= 0.3 is 0 Å². The molecule has 0 N–H and O–H groups in total. The van der Waals surface area contributed by atoms with Crippen LogP contribution in [0.1, 0.15) is 15.9 Å². The molecule has 0 aliphatic heterocycles. The van der Waals surface area contributed by atoms with E-state index in [1.165, 1.54) is 23.1 Å². The molecule has 0 fully saturated rings. The van der Waals surface area contributed by atoms with Gasteiger partial charge in [-0.1, -0.05) is 29.3 Å². The molecule has 2 aromatic carbocycles. The molecule has 2 aromatic rings. The zero-order valence-corrected chi connectivity index (χ0v) is 12.3. The number of aryl methyl sites for hydroxylation is 1. The first kappa shape index (κ1) is 15.0. The van der Waals surface area contributed by atoms with E-state index in [0.29, 0.717) is 0 Å². The zero-order valence-electron chi connectivity index (χ0n) is 11.5. The van der Waals surface area contributed by atoms with Crippen LogP contribution in [0, 0.1) is 17.0 Å². The van der Waals surface area contributed by atoms with Gasteiger partial charge in [0.25, 0.3) is 11.6 Å². The number of non-ortho nitro benzene ring substituents is 1. The Morgan fingerprint density at radius 3 is 2.33 bits per heavy atom. The number of nitrogens with zero attached hydrogens (tertiary/aromatic N) is 2. The molecule has 108 valence electrons. The average molecular weight is 305 g/mol. The van der Waals surface area contributed by atoms with Gasteiger partial charge in [-0.3, -0.25) is 14.9 Å². The third kappa shape index (κ3) is 3.20. The number of hydrogen-bond donors (Lipinski definition) is 0. The second kappa shape index (κ2) is 5.93. The molecule has 0 aromatic heterocycles. The largest absolute Gasteiger partial charge is 0.311 e. The first-order valence-electron chi connectivity index (χ1n) is 6.19. The van der Waals surface area contributed by atoms with Crippen LogP contribution in [0.3, 0.4) is 0 Å². The van der Waals surface area contributed by atoms with Crippen molar-refractivity contribution in [3.05, 3.63) is 68.7 Å². The molecule has 5 nitrogen and oxygen atoms in total. The van der Waals surface area contributed by atoms with E-state index in [-0.39, 0.29) is 22.2 Å². The summed E-state index contributed by atoms with van der Waals surface area (Å²) in [4.78, 5) is 24.0. The van der Waals surface area contributed by atoms with E-state index in [9.17, 15) is 14.9 Å². The van der Waals surface area contributed by atoms with Crippen molar-refractivity contribution < 1.29 is 9.72 Å². The maximum Gasteiger partial charge on any atom is 0.270 e. The standard InChI is InChI=1S/C15H13ClN2O3/c1-10-3-5-11(6-4-10)17(2)15(19)13-8-7-12(18(20)21)9-14(13)16/h3-9H,1-2H3. The van der Waals surface area contributed by atoms with Crippen LogP contribution in [0.5, 0.6) is 0 Å². The summed E-state index contributed by atoms with van der Waals surface area (Å²) in [5, 5.41) is 10.7. The average Bonchev–Trinajstić information content (AvgIpc) is 2.46. The number of anilines is 1. The van der Waals surface area contributed by atoms with Crippen LogP contribution in [0.2, 0.25) is 5.02 Å². The molecule has 0 saturated heterocycles. The number of hydrogen-bond acceptors (Lipinski definition) is 3. The van der Waals surface area contributed by atoms with Crippen molar-refractivity contribution in [1.29, 1.82) is 0 Å². The van der Waals surface area contributed by atoms with E-state index in [1.54, 1.807) is 7.05 Å². The van der Waals surface area contributed by atoms with Crippen molar-refractivity contribution in [2.45, 2.75) is 6.92 Å². The number of amides is 1. The van der Waals surface area contributed by atoms with Crippen molar-refractivity contribution in [1.82, 2.24) is 0 Å². The summed E-state index contributed by atoms with van der Waals surface area (Å²) in [5.41, 5.74) is 1.90. The van der Waals surface area contributed by atoms with E-state index >= 15 is 0 Å². The van der Waals surface area contributed by atoms with Gasteiger partial charge in [-0.25, -0.2) is 0 Å². The topological polar surface area (TPSA) is 63.5 Å². The van der Waals surface area contributed by atoms with Crippen LogP contribution < -0.4 is 4.90 Å². The van der Waals surface area contributed by atoms with Crippen LogP contribution in [0.15, 0.2) is 42.5 Å². The number of benzene rings is 2. The SMILES string of the molecule is Cc1ccc(N(C)C(=O)c2ccc([N+](=O)[O-])cc2Cl)cc1. The molecule has 1 amide bonds. The monoisotopic (exact) mass is 304 g/mol. The van der Waals surface area contributed by atoms with Gasteiger partial charge in [0.2, 0.25) is 0 Å². The second-order valence-corrected chi connectivity index (χ2v) is 5.03. The maximum absolute atomic E-state index is 12.4. The number of nitro groups is 1. The molecular weight excluding hydrogens is 292 g/mol. The van der Waals surface area contributed by atoms with Crippen LogP contribution in [0.25, 0.3) is 0 Å². The molecule has 0 aliphatic rings. The predicted molar refractivity (Wildman–Crippen MR) is 82.0 cm³/mol. The minimum absolute atomic E-state index is 0.0631. The Labute approximate surface area is 126 Å². The maximum atomic E-state index is 12.4. The lowest BCUT2D eigenvalue weighted by Gasteiger charge is -2.18. The summed E-state index contributed by atoms with van der Waals surface area (Å²) in [6.07, 6.45) is 0. The molecule has 0 spiro atoms. The van der Waals surface area contributed by atoms with E-state index in [0.717, 1.165) is 11.3 Å². The summed E-state index contributed by atoms with van der Waals surface area (Å²) in [5.74, 6) is -0.321. The molecule has 0 saturated carbocycles. The third-order valence-corrected chi connectivity index (χ3v) is 3.43. The van der Waals surface area contributed by atoms with Crippen molar-refractivity contribution in [2.75, 3.05) is 11.9 Å². The minimum atomic E-state index is -0.552. The highest BCUT2D eigenvalue weighted by Crippen LogP contribution is 2.25. The Morgan fingerprint density at radius 1 is 1.19 bits per heavy atom. The van der Waals surface area contributed by atoms with E-state index in [1.807, 2.05) is 31.2 Å². The Morgan fingerprint density at radius 2 is 1.81 bits per heavy atom. The van der Waals surface area contributed by atoms with Crippen LogP contribution >= 0.6 is 11.6 Å². The highest BCUT2D eigenvalue weighted by molar-refractivity contribution is 6.34. The molecule has 0 heterocycles. The molecule has 6 heteroatoms.